The third-order valence-electron chi connectivity index (χ3n) is 4.98. The number of ether oxygens (including phenoxy) is 1. The predicted molar refractivity (Wildman–Crippen MR) is 100 cm³/mol. The zero-order valence-corrected chi connectivity index (χ0v) is 14.8. The summed E-state index contributed by atoms with van der Waals surface area (Å²) in [6.07, 6.45) is 4.14. The zero-order chi connectivity index (χ0) is 17.8. The lowest BCUT2D eigenvalue weighted by atomic mass is 10.2. The van der Waals surface area contributed by atoms with Crippen molar-refractivity contribution in [2.24, 2.45) is 0 Å². The first kappa shape index (κ1) is 17.0. The number of benzene rings is 1. The predicted octanol–water partition coefficient (Wildman–Crippen LogP) is 2.53. The highest BCUT2D eigenvalue weighted by molar-refractivity contribution is 5.52. The Labute approximate surface area is 153 Å². The maximum atomic E-state index is 13.1. The molecule has 1 N–H and O–H groups in total. The van der Waals surface area contributed by atoms with E-state index >= 15 is 0 Å². The Morgan fingerprint density at radius 1 is 1.08 bits per heavy atom. The van der Waals surface area contributed by atoms with Crippen molar-refractivity contribution in [1.82, 2.24) is 9.97 Å². The monoisotopic (exact) mass is 357 g/mol. The fourth-order valence-electron chi connectivity index (χ4n) is 3.49. The van der Waals surface area contributed by atoms with E-state index < -0.39 is 0 Å². The molecule has 0 spiro atoms. The van der Waals surface area contributed by atoms with Crippen LogP contribution in [-0.4, -0.2) is 55.4 Å². The summed E-state index contributed by atoms with van der Waals surface area (Å²) in [6.45, 7) is 5.16. The fourth-order valence-corrected chi connectivity index (χ4v) is 3.49. The summed E-state index contributed by atoms with van der Waals surface area (Å²) < 4.78 is 18.7. The van der Waals surface area contributed by atoms with Gasteiger partial charge in [-0.2, -0.15) is 0 Å². The van der Waals surface area contributed by atoms with Crippen molar-refractivity contribution in [3.05, 3.63) is 42.5 Å². The summed E-state index contributed by atoms with van der Waals surface area (Å²) in [5, 5.41) is 3.36. The van der Waals surface area contributed by atoms with Gasteiger partial charge in [0.1, 0.15) is 23.8 Å². The number of nitrogens with one attached hydrogen (secondary N) is 1. The van der Waals surface area contributed by atoms with Crippen molar-refractivity contribution in [2.45, 2.75) is 18.9 Å². The van der Waals surface area contributed by atoms with Gasteiger partial charge in [0, 0.05) is 51.1 Å². The lowest BCUT2D eigenvalue weighted by molar-refractivity contribution is 0.120. The van der Waals surface area contributed by atoms with E-state index in [0.29, 0.717) is 0 Å². The Morgan fingerprint density at radius 3 is 2.58 bits per heavy atom. The molecule has 1 aromatic carbocycles. The van der Waals surface area contributed by atoms with Crippen molar-refractivity contribution in [3.8, 4) is 0 Å². The van der Waals surface area contributed by atoms with Crippen molar-refractivity contribution in [2.75, 3.05) is 54.4 Å². The van der Waals surface area contributed by atoms with Crippen LogP contribution in [0.2, 0.25) is 0 Å². The van der Waals surface area contributed by atoms with Crippen LogP contribution in [0, 0.1) is 5.82 Å². The molecule has 2 aliphatic rings. The van der Waals surface area contributed by atoms with Crippen LogP contribution in [-0.2, 0) is 4.74 Å². The van der Waals surface area contributed by atoms with E-state index in [-0.39, 0.29) is 11.9 Å². The minimum Gasteiger partial charge on any atom is -0.376 e. The summed E-state index contributed by atoms with van der Waals surface area (Å²) in [5.41, 5.74) is 1.06. The molecule has 0 amide bonds. The highest BCUT2D eigenvalue weighted by Crippen LogP contribution is 2.21. The molecule has 7 heteroatoms. The lowest BCUT2D eigenvalue weighted by Gasteiger charge is -2.36. The molecule has 6 nitrogen and oxygen atoms in total. The van der Waals surface area contributed by atoms with Crippen LogP contribution in [0.4, 0.5) is 21.7 Å². The molecule has 4 rings (SSSR count). The van der Waals surface area contributed by atoms with Crippen LogP contribution in [0.25, 0.3) is 0 Å². The van der Waals surface area contributed by atoms with E-state index in [1.165, 1.54) is 12.1 Å². The van der Waals surface area contributed by atoms with Gasteiger partial charge in [0.15, 0.2) is 0 Å². The average Bonchev–Trinajstić information content (AvgIpc) is 3.21. The molecule has 2 aromatic rings. The molecule has 1 unspecified atom stereocenters. The Morgan fingerprint density at radius 2 is 1.85 bits per heavy atom. The van der Waals surface area contributed by atoms with Crippen LogP contribution in [0.15, 0.2) is 36.7 Å². The quantitative estimate of drug-likeness (QED) is 0.888. The molecule has 1 atom stereocenters. The van der Waals surface area contributed by atoms with Gasteiger partial charge in [0.2, 0.25) is 0 Å². The minimum atomic E-state index is -0.198. The van der Waals surface area contributed by atoms with E-state index in [1.807, 2.05) is 18.2 Å². The highest BCUT2D eigenvalue weighted by Gasteiger charge is 2.19. The van der Waals surface area contributed by atoms with Gasteiger partial charge in [-0.05, 0) is 37.1 Å². The fraction of sp³-hybridized carbons (Fsp3) is 0.474. The van der Waals surface area contributed by atoms with Crippen LogP contribution >= 0.6 is 0 Å². The van der Waals surface area contributed by atoms with E-state index in [0.717, 1.165) is 69.5 Å². The number of piperazine rings is 1. The van der Waals surface area contributed by atoms with E-state index in [9.17, 15) is 4.39 Å². The third kappa shape index (κ3) is 4.04. The minimum absolute atomic E-state index is 0.198. The first-order valence-electron chi connectivity index (χ1n) is 9.21. The topological polar surface area (TPSA) is 53.5 Å². The summed E-state index contributed by atoms with van der Waals surface area (Å²) >= 11 is 0. The summed E-state index contributed by atoms with van der Waals surface area (Å²) in [7, 11) is 0. The third-order valence-corrected chi connectivity index (χ3v) is 4.98. The van der Waals surface area contributed by atoms with Gasteiger partial charge >= 0.3 is 0 Å². The smallest absolute Gasteiger partial charge is 0.134 e. The van der Waals surface area contributed by atoms with Crippen LogP contribution in [0.1, 0.15) is 12.8 Å². The van der Waals surface area contributed by atoms with Crippen molar-refractivity contribution in [3.63, 3.8) is 0 Å². The molecule has 2 fully saturated rings. The Kier molecular flexibility index (Phi) is 5.15. The van der Waals surface area contributed by atoms with Gasteiger partial charge in [-0.1, -0.05) is 0 Å². The summed E-state index contributed by atoms with van der Waals surface area (Å²) in [5.74, 6) is 1.58. The second-order valence-corrected chi connectivity index (χ2v) is 6.73. The summed E-state index contributed by atoms with van der Waals surface area (Å²) in [6, 6.07) is 8.70. The second kappa shape index (κ2) is 7.86. The number of anilines is 3. The van der Waals surface area contributed by atoms with Crippen molar-refractivity contribution in [1.29, 1.82) is 0 Å². The van der Waals surface area contributed by atoms with E-state index in [4.69, 9.17) is 4.74 Å². The maximum absolute atomic E-state index is 13.1. The molecule has 0 aliphatic carbocycles. The standard InChI is InChI=1S/C19H24FN5O/c20-15-3-5-16(6-4-15)24-7-9-25(10-8-24)19-12-18(22-14-23-19)21-13-17-2-1-11-26-17/h3-6,12,14,17H,1-2,7-11,13H2,(H,21,22,23). The van der Waals surface area contributed by atoms with E-state index in [1.54, 1.807) is 6.33 Å². The number of hydrogen-bond donors (Lipinski definition) is 1. The Balaban J connectivity index is 1.33. The first-order chi connectivity index (χ1) is 12.8. The summed E-state index contributed by atoms with van der Waals surface area (Å²) in [4.78, 5) is 13.3. The van der Waals surface area contributed by atoms with Crippen molar-refractivity contribution < 1.29 is 9.13 Å². The molecular formula is C19H24FN5O. The van der Waals surface area contributed by atoms with Gasteiger partial charge < -0.3 is 19.9 Å². The molecular weight excluding hydrogens is 333 g/mol. The Hall–Kier alpha value is -2.41. The molecule has 0 radical (unpaired) electrons. The molecule has 138 valence electrons. The number of halogens is 1. The molecule has 2 aliphatic heterocycles. The van der Waals surface area contributed by atoms with Crippen molar-refractivity contribution >= 4 is 17.3 Å². The highest BCUT2D eigenvalue weighted by atomic mass is 19.1. The van der Waals surface area contributed by atoms with Crippen LogP contribution in [0.5, 0.6) is 0 Å². The average molecular weight is 357 g/mol. The SMILES string of the molecule is Fc1ccc(N2CCN(c3cc(NCC4CCCO4)ncn3)CC2)cc1. The number of rotatable bonds is 5. The largest absolute Gasteiger partial charge is 0.376 e. The normalized spacial score (nSPS) is 20.4. The molecule has 2 saturated heterocycles. The molecule has 0 bridgehead atoms. The molecule has 0 saturated carbocycles. The number of nitrogens with zero attached hydrogens (tertiary/aromatic N) is 4. The maximum Gasteiger partial charge on any atom is 0.134 e. The lowest BCUT2D eigenvalue weighted by Crippen LogP contribution is -2.46. The zero-order valence-electron chi connectivity index (χ0n) is 14.8. The van der Waals surface area contributed by atoms with E-state index in [2.05, 4.69) is 25.1 Å². The Bertz CT molecular complexity index is 712. The number of hydrogen-bond acceptors (Lipinski definition) is 6. The van der Waals surface area contributed by atoms with Gasteiger partial charge in [0.05, 0.1) is 6.10 Å². The molecule has 1 aromatic heterocycles. The van der Waals surface area contributed by atoms with Gasteiger partial charge in [0.25, 0.3) is 0 Å². The molecule has 3 heterocycles. The van der Waals surface area contributed by atoms with Gasteiger partial charge in [-0.25, -0.2) is 14.4 Å². The van der Waals surface area contributed by atoms with Gasteiger partial charge in [-0.3, -0.25) is 0 Å². The first-order valence-corrected chi connectivity index (χ1v) is 9.21. The molecule has 26 heavy (non-hydrogen) atoms. The van der Waals surface area contributed by atoms with Crippen LogP contribution in [0.3, 0.4) is 0 Å². The van der Waals surface area contributed by atoms with Crippen LogP contribution < -0.4 is 15.1 Å². The number of aromatic nitrogens is 2. The second-order valence-electron chi connectivity index (χ2n) is 6.73. The van der Waals surface area contributed by atoms with Gasteiger partial charge in [-0.15, -0.1) is 0 Å².